The molecule has 0 aliphatic carbocycles. The molecule has 0 bridgehead atoms. The summed E-state index contributed by atoms with van der Waals surface area (Å²) in [5.41, 5.74) is 0.911. The van der Waals surface area contributed by atoms with Crippen LogP contribution in [0.25, 0.3) is 0 Å². The molecule has 0 saturated carbocycles. The third-order valence-corrected chi connectivity index (χ3v) is 4.53. The van der Waals surface area contributed by atoms with Crippen LogP contribution < -0.4 is 0 Å². The molecule has 1 aliphatic heterocycles. The predicted molar refractivity (Wildman–Crippen MR) is 110 cm³/mol. The van der Waals surface area contributed by atoms with E-state index in [4.69, 9.17) is 9.47 Å². The summed E-state index contributed by atoms with van der Waals surface area (Å²) in [6, 6.07) is 0. The number of allylic oxidation sites excluding steroid dienone is 3. The minimum Gasteiger partial charge on any atom is -0.492 e. The predicted octanol–water partition coefficient (Wildman–Crippen LogP) is 2.50. The van der Waals surface area contributed by atoms with Crippen LogP contribution in [0.2, 0.25) is 0 Å². The van der Waals surface area contributed by atoms with Gasteiger partial charge < -0.3 is 19.3 Å². The number of nitrogens with zero attached hydrogens (tertiary/aromatic N) is 3. The number of carbonyl (C=O) groups is 1. The Morgan fingerprint density at radius 1 is 1.30 bits per heavy atom. The lowest BCUT2D eigenvalue weighted by atomic mass is 10.2. The zero-order chi connectivity index (χ0) is 20.1. The van der Waals surface area contributed by atoms with Crippen LogP contribution in [0.3, 0.4) is 0 Å². The van der Waals surface area contributed by atoms with E-state index < -0.39 is 0 Å². The summed E-state index contributed by atoms with van der Waals surface area (Å²) in [4.78, 5) is 17.9. The van der Waals surface area contributed by atoms with Crippen LogP contribution in [0, 0.1) is 0 Å². The highest BCUT2D eigenvalue weighted by molar-refractivity contribution is 5.75. The zero-order valence-corrected chi connectivity index (χ0v) is 17.6. The number of hydrogen-bond acceptors (Lipinski definition) is 5. The minimum atomic E-state index is 0.160. The monoisotopic (exact) mass is 379 g/mol. The Morgan fingerprint density at radius 3 is 2.59 bits per heavy atom. The van der Waals surface area contributed by atoms with E-state index in [2.05, 4.69) is 23.3 Å². The van der Waals surface area contributed by atoms with E-state index in [0.717, 1.165) is 63.8 Å². The molecule has 0 unspecified atom stereocenters. The second-order valence-electron chi connectivity index (χ2n) is 6.81. The number of amides is 1. The summed E-state index contributed by atoms with van der Waals surface area (Å²) in [7, 11) is 3.58. The highest BCUT2D eigenvalue weighted by Gasteiger charge is 2.11. The van der Waals surface area contributed by atoms with Crippen molar-refractivity contribution in [1.82, 2.24) is 14.7 Å². The van der Waals surface area contributed by atoms with Crippen LogP contribution in [0.4, 0.5) is 0 Å². The highest BCUT2D eigenvalue weighted by Crippen LogP contribution is 2.11. The van der Waals surface area contributed by atoms with Gasteiger partial charge in [0.2, 0.25) is 5.91 Å². The fourth-order valence-electron chi connectivity index (χ4n) is 2.82. The Morgan fingerprint density at radius 2 is 2.00 bits per heavy atom. The summed E-state index contributed by atoms with van der Waals surface area (Å²) in [6.07, 6.45) is 7.29. The molecule has 1 amide bonds. The lowest BCUT2D eigenvalue weighted by Crippen LogP contribution is -2.38. The van der Waals surface area contributed by atoms with Gasteiger partial charge in [-0.1, -0.05) is 12.7 Å². The van der Waals surface area contributed by atoms with Gasteiger partial charge in [-0.2, -0.15) is 0 Å². The smallest absolute Gasteiger partial charge is 0.222 e. The molecular weight excluding hydrogens is 342 g/mol. The lowest BCUT2D eigenvalue weighted by molar-refractivity contribution is -0.128. The molecule has 1 fully saturated rings. The van der Waals surface area contributed by atoms with Crippen LogP contribution in [-0.4, -0.2) is 87.2 Å². The molecule has 154 valence electrons. The van der Waals surface area contributed by atoms with E-state index in [-0.39, 0.29) is 5.91 Å². The van der Waals surface area contributed by atoms with Gasteiger partial charge in [0.25, 0.3) is 0 Å². The summed E-state index contributed by atoms with van der Waals surface area (Å²) in [5.74, 6) is 0.979. The van der Waals surface area contributed by atoms with Gasteiger partial charge >= 0.3 is 0 Å². The van der Waals surface area contributed by atoms with Crippen LogP contribution in [0.1, 0.15) is 26.7 Å². The largest absolute Gasteiger partial charge is 0.492 e. The number of rotatable bonds is 12. The van der Waals surface area contributed by atoms with E-state index in [1.54, 1.807) is 19.0 Å². The van der Waals surface area contributed by atoms with Crippen molar-refractivity contribution >= 4 is 5.91 Å². The van der Waals surface area contributed by atoms with Crippen molar-refractivity contribution in [2.24, 2.45) is 0 Å². The second kappa shape index (κ2) is 13.4. The molecule has 0 radical (unpaired) electrons. The standard InChI is InChI=1S/C21H37N3O3/c1-6-9-20(27-17-14-23-12-15-26-16-13-23)18-19(3)24(7-2)11-8-10-21(25)22(4)5/h6,9,18H,3,7-8,10-17H2,1-2,4-5H3/b9-6-,20-18+. The number of ether oxygens (including phenoxy) is 2. The first-order valence-corrected chi connectivity index (χ1v) is 9.89. The number of morpholine rings is 1. The van der Waals surface area contributed by atoms with E-state index in [9.17, 15) is 4.79 Å². The molecule has 0 aromatic heterocycles. The van der Waals surface area contributed by atoms with Gasteiger partial charge in [0.05, 0.1) is 13.2 Å². The first-order valence-electron chi connectivity index (χ1n) is 9.89. The Bertz CT molecular complexity index is 509. The third kappa shape index (κ3) is 9.63. The van der Waals surface area contributed by atoms with E-state index in [0.29, 0.717) is 13.0 Å². The molecule has 6 heteroatoms. The van der Waals surface area contributed by atoms with Gasteiger partial charge in [0.15, 0.2) is 0 Å². The van der Waals surface area contributed by atoms with Gasteiger partial charge in [-0.15, -0.1) is 0 Å². The fourth-order valence-corrected chi connectivity index (χ4v) is 2.82. The van der Waals surface area contributed by atoms with Crippen molar-refractivity contribution in [2.75, 3.05) is 66.6 Å². The van der Waals surface area contributed by atoms with Crippen LogP contribution >= 0.6 is 0 Å². The SMILES string of the molecule is C=C(/C=C(\C=C/C)OCCN1CCOCC1)N(CC)CCCC(=O)N(C)C. The summed E-state index contributed by atoms with van der Waals surface area (Å²) in [5, 5.41) is 0. The van der Waals surface area contributed by atoms with Gasteiger partial charge in [-0.3, -0.25) is 9.69 Å². The molecule has 27 heavy (non-hydrogen) atoms. The molecule has 1 saturated heterocycles. The van der Waals surface area contributed by atoms with Crippen molar-refractivity contribution in [2.45, 2.75) is 26.7 Å². The Kier molecular flexibility index (Phi) is 11.5. The summed E-state index contributed by atoms with van der Waals surface area (Å²) in [6.45, 7) is 15.0. The topological polar surface area (TPSA) is 45.3 Å². The van der Waals surface area contributed by atoms with Gasteiger partial charge in [0.1, 0.15) is 12.4 Å². The molecule has 0 N–H and O–H groups in total. The van der Waals surface area contributed by atoms with Gasteiger partial charge in [-0.05, 0) is 26.3 Å². The Hall–Kier alpha value is -1.79. The van der Waals surface area contributed by atoms with Crippen molar-refractivity contribution in [3.63, 3.8) is 0 Å². The van der Waals surface area contributed by atoms with Crippen LogP contribution in [0.5, 0.6) is 0 Å². The normalized spacial score (nSPS) is 15.8. The quantitative estimate of drug-likeness (QED) is 0.385. The second-order valence-corrected chi connectivity index (χ2v) is 6.81. The van der Waals surface area contributed by atoms with Crippen LogP contribution in [0.15, 0.2) is 36.3 Å². The van der Waals surface area contributed by atoms with E-state index in [1.165, 1.54) is 0 Å². The van der Waals surface area contributed by atoms with Crippen molar-refractivity contribution in [3.05, 3.63) is 36.3 Å². The summed E-state index contributed by atoms with van der Waals surface area (Å²) >= 11 is 0. The zero-order valence-electron chi connectivity index (χ0n) is 17.6. The molecule has 0 aromatic rings. The maximum Gasteiger partial charge on any atom is 0.222 e. The Balaban J connectivity index is 2.49. The summed E-state index contributed by atoms with van der Waals surface area (Å²) < 4.78 is 11.3. The number of likely N-dealkylation sites (N-methyl/N-ethyl adjacent to an activating group) is 1. The first-order chi connectivity index (χ1) is 13.0. The average molecular weight is 380 g/mol. The first kappa shape index (κ1) is 23.2. The van der Waals surface area contributed by atoms with Gasteiger partial charge in [-0.25, -0.2) is 0 Å². The van der Waals surface area contributed by atoms with Gasteiger partial charge in [0, 0.05) is 65.0 Å². The van der Waals surface area contributed by atoms with Crippen molar-refractivity contribution in [3.8, 4) is 0 Å². The van der Waals surface area contributed by atoms with Crippen molar-refractivity contribution in [1.29, 1.82) is 0 Å². The third-order valence-electron chi connectivity index (χ3n) is 4.53. The van der Waals surface area contributed by atoms with Crippen LogP contribution in [-0.2, 0) is 14.3 Å². The van der Waals surface area contributed by atoms with Crippen molar-refractivity contribution < 1.29 is 14.3 Å². The van der Waals surface area contributed by atoms with E-state index in [1.807, 2.05) is 25.2 Å². The number of hydrogen-bond donors (Lipinski definition) is 0. The fraction of sp³-hybridized carbons (Fsp3) is 0.667. The number of carbonyl (C=O) groups excluding carboxylic acids is 1. The molecular formula is C21H37N3O3. The van der Waals surface area contributed by atoms with E-state index >= 15 is 0 Å². The molecule has 1 aliphatic rings. The molecule has 0 spiro atoms. The molecule has 6 nitrogen and oxygen atoms in total. The maximum absolute atomic E-state index is 11.7. The lowest BCUT2D eigenvalue weighted by Gasteiger charge is -2.26. The average Bonchev–Trinajstić information content (AvgIpc) is 2.65. The molecule has 0 aromatic carbocycles. The maximum atomic E-state index is 11.7. The highest BCUT2D eigenvalue weighted by atomic mass is 16.5. The Labute approximate surface area is 165 Å². The molecule has 1 rings (SSSR count). The molecule has 1 heterocycles. The molecule has 0 atom stereocenters. The minimum absolute atomic E-state index is 0.160.